The summed E-state index contributed by atoms with van der Waals surface area (Å²) in [5.74, 6) is 0.845. The highest BCUT2D eigenvalue weighted by atomic mass is 35.5. The van der Waals surface area contributed by atoms with Crippen LogP contribution in [-0.4, -0.2) is 19.2 Å². The normalized spacial score (nSPS) is 10.2. The van der Waals surface area contributed by atoms with Gasteiger partial charge in [0.05, 0.1) is 17.3 Å². The molecule has 0 saturated carbocycles. The summed E-state index contributed by atoms with van der Waals surface area (Å²) in [6.45, 7) is 2.84. The summed E-state index contributed by atoms with van der Waals surface area (Å²) in [5, 5.41) is 6.28. The lowest BCUT2D eigenvalue weighted by Gasteiger charge is -2.12. The van der Waals surface area contributed by atoms with Gasteiger partial charge in [0.15, 0.2) is 0 Å². The van der Waals surface area contributed by atoms with E-state index in [1.54, 1.807) is 18.2 Å². The standard InChI is InChI=1S/C17H18Cl2N2O2/c1-2-12-5-3-4-6-16(12)23-10-9-20-17(22)21-15-8-7-13(18)11-14(15)19/h3-8,11H,2,9-10H2,1H3,(H2,20,21,22). The second-order valence-electron chi connectivity index (χ2n) is 4.81. The van der Waals surface area contributed by atoms with Crippen LogP contribution < -0.4 is 15.4 Å². The fourth-order valence-corrected chi connectivity index (χ4v) is 2.48. The second kappa shape index (κ2) is 8.65. The number of urea groups is 1. The van der Waals surface area contributed by atoms with Crippen molar-refractivity contribution in [2.24, 2.45) is 0 Å². The maximum atomic E-state index is 11.8. The summed E-state index contributed by atoms with van der Waals surface area (Å²) in [7, 11) is 0. The number of hydrogen-bond donors (Lipinski definition) is 2. The van der Waals surface area contributed by atoms with Crippen LogP contribution in [-0.2, 0) is 6.42 Å². The molecule has 0 spiro atoms. The van der Waals surface area contributed by atoms with Crippen molar-refractivity contribution in [2.75, 3.05) is 18.5 Å². The number of hydrogen-bond acceptors (Lipinski definition) is 2. The van der Waals surface area contributed by atoms with E-state index in [0.717, 1.165) is 17.7 Å². The Kier molecular flexibility index (Phi) is 6.56. The Labute approximate surface area is 145 Å². The molecule has 0 heterocycles. The van der Waals surface area contributed by atoms with E-state index in [2.05, 4.69) is 17.6 Å². The largest absolute Gasteiger partial charge is 0.491 e. The molecule has 2 aromatic carbocycles. The zero-order valence-electron chi connectivity index (χ0n) is 12.7. The molecule has 2 aromatic rings. The van der Waals surface area contributed by atoms with Gasteiger partial charge in [0.25, 0.3) is 0 Å². The van der Waals surface area contributed by atoms with Gasteiger partial charge in [0.1, 0.15) is 12.4 Å². The van der Waals surface area contributed by atoms with Crippen LogP contribution >= 0.6 is 23.2 Å². The van der Waals surface area contributed by atoms with Gasteiger partial charge in [-0.2, -0.15) is 0 Å². The van der Waals surface area contributed by atoms with Crippen LogP contribution in [0.15, 0.2) is 42.5 Å². The number of amides is 2. The molecule has 0 aromatic heterocycles. The lowest BCUT2D eigenvalue weighted by Crippen LogP contribution is -2.32. The zero-order chi connectivity index (χ0) is 16.7. The van der Waals surface area contributed by atoms with Gasteiger partial charge in [-0.3, -0.25) is 0 Å². The molecule has 0 fully saturated rings. The van der Waals surface area contributed by atoms with Crippen LogP contribution in [0.5, 0.6) is 5.75 Å². The Morgan fingerprint density at radius 2 is 1.96 bits per heavy atom. The predicted molar refractivity (Wildman–Crippen MR) is 94.8 cm³/mol. The van der Waals surface area contributed by atoms with Crippen molar-refractivity contribution in [1.29, 1.82) is 0 Å². The van der Waals surface area contributed by atoms with Crippen LogP contribution in [0.25, 0.3) is 0 Å². The molecule has 0 aliphatic heterocycles. The lowest BCUT2D eigenvalue weighted by atomic mass is 10.1. The number of rotatable bonds is 6. The SMILES string of the molecule is CCc1ccccc1OCCNC(=O)Nc1ccc(Cl)cc1Cl. The number of aryl methyl sites for hydroxylation is 1. The number of halogens is 2. The van der Waals surface area contributed by atoms with Crippen LogP contribution in [0.1, 0.15) is 12.5 Å². The number of carbonyl (C=O) groups is 1. The number of carbonyl (C=O) groups excluding carboxylic acids is 1. The first-order chi connectivity index (χ1) is 11.1. The monoisotopic (exact) mass is 352 g/mol. The fraction of sp³-hybridized carbons (Fsp3) is 0.235. The smallest absolute Gasteiger partial charge is 0.319 e. The van der Waals surface area contributed by atoms with Crippen molar-refractivity contribution in [3.05, 3.63) is 58.1 Å². The molecular weight excluding hydrogens is 335 g/mol. The number of ether oxygens (including phenoxy) is 1. The molecule has 122 valence electrons. The summed E-state index contributed by atoms with van der Waals surface area (Å²) >= 11 is 11.8. The average Bonchev–Trinajstić information content (AvgIpc) is 2.54. The van der Waals surface area contributed by atoms with E-state index in [1.807, 2.05) is 24.3 Å². The van der Waals surface area contributed by atoms with Crippen molar-refractivity contribution >= 4 is 34.9 Å². The first-order valence-electron chi connectivity index (χ1n) is 7.30. The van der Waals surface area contributed by atoms with Gasteiger partial charge < -0.3 is 15.4 Å². The highest BCUT2D eigenvalue weighted by Gasteiger charge is 2.06. The molecule has 0 saturated heterocycles. The molecule has 0 aliphatic rings. The van der Waals surface area contributed by atoms with Gasteiger partial charge in [-0.1, -0.05) is 48.3 Å². The first kappa shape index (κ1) is 17.4. The van der Waals surface area contributed by atoms with Crippen molar-refractivity contribution in [3.8, 4) is 5.75 Å². The third kappa shape index (κ3) is 5.34. The summed E-state index contributed by atoms with van der Waals surface area (Å²) in [4.78, 5) is 11.8. The molecule has 0 unspecified atom stereocenters. The van der Waals surface area contributed by atoms with E-state index in [1.165, 1.54) is 0 Å². The van der Waals surface area contributed by atoms with Gasteiger partial charge in [-0.25, -0.2) is 4.79 Å². The Bertz CT molecular complexity index is 677. The van der Waals surface area contributed by atoms with Crippen LogP contribution in [0.2, 0.25) is 10.0 Å². The molecule has 0 bridgehead atoms. The third-order valence-electron chi connectivity index (χ3n) is 3.18. The fourth-order valence-electron chi connectivity index (χ4n) is 2.02. The van der Waals surface area contributed by atoms with Gasteiger partial charge in [0.2, 0.25) is 0 Å². The minimum Gasteiger partial charge on any atom is -0.491 e. The number of anilines is 1. The molecule has 0 aliphatic carbocycles. The minimum atomic E-state index is -0.346. The van der Waals surface area contributed by atoms with E-state index in [0.29, 0.717) is 28.9 Å². The van der Waals surface area contributed by atoms with Crippen molar-refractivity contribution in [2.45, 2.75) is 13.3 Å². The minimum absolute atomic E-state index is 0.346. The van der Waals surface area contributed by atoms with Gasteiger partial charge in [-0.05, 0) is 36.2 Å². The Morgan fingerprint density at radius 1 is 1.17 bits per heavy atom. The summed E-state index contributed by atoms with van der Waals surface area (Å²) in [5.41, 5.74) is 1.65. The topological polar surface area (TPSA) is 50.4 Å². The van der Waals surface area contributed by atoms with Crippen molar-refractivity contribution < 1.29 is 9.53 Å². The van der Waals surface area contributed by atoms with Crippen molar-refractivity contribution in [3.63, 3.8) is 0 Å². The van der Waals surface area contributed by atoms with Crippen LogP contribution in [0.3, 0.4) is 0 Å². The molecular formula is C17H18Cl2N2O2. The Hall–Kier alpha value is -1.91. The molecule has 2 rings (SSSR count). The predicted octanol–water partition coefficient (Wildman–Crippen LogP) is 4.76. The van der Waals surface area contributed by atoms with Gasteiger partial charge in [0, 0.05) is 5.02 Å². The van der Waals surface area contributed by atoms with Crippen molar-refractivity contribution in [1.82, 2.24) is 5.32 Å². The first-order valence-corrected chi connectivity index (χ1v) is 8.06. The summed E-state index contributed by atoms with van der Waals surface area (Å²) in [6.07, 6.45) is 0.902. The van der Waals surface area contributed by atoms with E-state index in [4.69, 9.17) is 27.9 Å². The van der Waals surface area contributed by atoms with E-state index < -0.39 is 0 Å². The quantitative estimate of drug-likeness (QED) is 0.736. The molecule has 6 heteroatoms. The van der Waals surface area contributed by atoms with Crippen LogP contribution in [0, 0.1) is 0 Å². The highest BCUT2D eigenvalue weighted by molar-refractivity contribution is 6.36. The maximum Gasteiger partial charge on any atom is 0.319 e. The molecule has 0 atom stereocenters. The molecule has 23 heavy (non-hydrogen) atoms. The third-order valence-corrected chi connectivity index (χ3v) is 3.73. The number of nitrogens with one attached hydrogen (secondary N) is 2. The zero-order valence-corrected chi connectivity index (χ0v) is 14.2. The van der Waals surface area contributed by atoms with E-state index >= 15 is 0 Å². The highest BCUT2D eigenvalue weighted by Crippen LogP contribution is 2.25. The van der Waals surface area contributed by atoms with Gasteiger partial charge >= 0.3 is 6.03 Å². The molecule has 4 nitrogen and oxygen atoms in total. The average molecular weight is 353 g/mol. The maximum absolute atomic E-state index is 11.8. The molecule has 2 amide bonds. The molecule has 2 N–H and O–H groups in total. The van der Waals surface area contributed by atoms with E-state index in [-0.39, 0.29) is 6.03 Å². The van der Waals surface area contributed by atoms with Gasteiger partial charge in [-0.15, -0.1) is 0 Å². The number of para-hydroxylation sites is 1. The van der Waals surface area contributed by atoms with E-state index in [9.17, 15) is 4.79 Å². The summed E-state index contributed by atoms with van der Waals surface area (Å²) < 4.78 is 5.68. The summed E-state index contributed by atoms with van der Waals surface area (Å²) in [6, 6.07) is 12.4. The lowest BCUT2D eigenvalue weighted by molar-refractivity contribution is 0.247. The van der Waals surface area contributed by atoms with Crippen LogP contribution in [0.4, 0.5) is 10.5 Å². The Morgan fingerprint density at radius 3 is 2.70 bits per heavy atom. The number of benzene rings is 2. The Balaban J connectivity index is 1.76. The second-order valence-corrected chi connectivity index (χ2v) is 5.66. The molecule has 0 radical (unpaired) electrons.